The Morgan fingerprint density at radius 1 is 1.14 bits per heavy atom. The first-order chi connectivity index (χ1) is 14.1. The Bertz CT molecular complexity index is 1040. The normalized spacial score (nSPS) is 15.3. The van der Waals surface area contributed by atoms with Gasteiger partial charge < -0.3 is 14.8 Å². The molecule has 146 valence electrons. The molecule has 8 heteroatoms. The van der Waals surface area contributed by atoms with Gasteiger partial charge in [0.15, 0.2) is 6.10 Å². The lowest BCUT2D eigenvalue weighted by Gasteiger charge is -2.32. The van der Waals surface area contributed by atoms with Crippen LogP contribution in [0.4, 0.5) is 11.4 Å². The minimum Gasteiger partial charge on any atom is -0.479 e. The Morgan fingerprint density at radius 3 is 2.76 bits per heavy atom. The zero-order chi connectivity index (χ0) is 20.2. The molecule has 0 unspecified atom stereocenters. The van der Waals surface area contributed by atoms with Crippen molar-refractivity contribution in [3.63, 3.8) is 0 Å². The quantitative estimate of drug-likeness (QED) is 0.720. The molecule has 0 bridgehead atoms. The van der Waals surface area contributed by atoms with Crippen LogP contribution in [0.3, 0.4) is 0 Å². The molecule has 2 amide bonds. The number of carbonyl (C=O) groups is 2. The summed E-state index contributed by atoms with van der Waals surface area (Å²) in [6.07, 6.45) is 2.50. The van der Waals surface area contributed by atoms with E-state index in [1.54, 1.807) is 67.8 Å². The van der Waals surface area contributed by atoms with Crippen LogP contribution in [0.2, 0.25) is 0 Å². The van der Waals surface area contributed by atoms with Crippen molar-refractivity contribution < 1.29 is 19.1 Å². The molecule has 0 fully saturated rings. The second-order valence-corrected chi connectivity index (χ2v) is 6.36. The minimum absolute atomic E-state index is 0.129. The number of fused-ring (bicyclic) bond motifs is 1. The van der Waals surface area contributed by atoms with Crippen molar-refractivity contribution in [2.75, 3.05) is 16.8 Å². The maximum atomic E-state index is 12.6. The Hall–Kier alpha value is -3.94. The molecule has 1 N–H and O–H groups in total. The Morgan fingerprint density at radius 2 is 1.93 bits per heavy atom. The van der Waals surface area contributed by atoms with Crippen LogP contribution in [-0.4, -0.2) is 34.4 Å². The number of hydrogen-bond acceptors (Lipinski definition) is 6. The van der Waals surface area contributed by atoms with Gasteiger partial charge in [0.05, 0.1) is 5.69 Å². The fourth-order valence-corrected chi connectivity index (χ4v) is 2.95. The number of para-hydroxylation sites is 2. The lowest BCUT2D eigenvalue weighted by Crippen LogP contribution is -2.47. The molecule has 1 aliphatic rings. The van der Waals surface area contributed by atoms with E-state index in [0.29, 0.717) is 22.9 Å². The monoisotopic (exact) mass is 390 g/mol. The van der Waals surface area contributed by atoms with Crippen LogP contribution in [0.15, 0.2) is 67.0 Å². The highest BCUT2D eigenvalue weighted by molar-refractivity contribution is 6.06. The number of anilines is 2. The number of nitrogens with zero attached hydrogens (tertiary/aromatic N) is 3. The molecule has 1 aliphatic heterocycles. The van der Waals surface area contributed by atoms with Gasteiger partial charge in [0.2, 0.25) is 5.91 Å². The second kappa shape index (κ2) is 7.97. The molecule has 8 nitrogen and oxygen atoms in total. The average Bonchev–Trinajstić information content (AvgIpc) is 2.72. The van der Waals surface area contributed by atoms with E-state index in [1.165, 1.54) is 4.90 Å². The average molecular weight is 390 g/mol. The summed E-state index contributed by atoms with van der Waals surface area (Å²) in [7, 11) is 0. The summed E-state index contributed by atoms with van der Waals surface area (Å²) in [6, 6.07) is 15.9. The van der Waals surface area contributed by atoms with Gasteiger partial charge in [-0.1, -0.05) is 18.2 Å². The summed E-state index contributed by atoms with van der Waals surface area (Å²) in [5.41, 5.74) is 1.11. The van der Waals surface area contributed by atoms with Crippen LogP contribution < -0.4 is 19.7 Å². The molecule has 29 heavy (non-hydrogen) atoms. The summed E-state index contributed by atoms with van der Waals surface area (Å²) in [5.74, 6) is 0.452. The number of nitrogens with one attached hydrogen (secondary N) is 1. The van der Waals surface area contributed by atoms with Gasteiger partial charge in [0.25, 0.3) is 5.91 Å². The minimum atomic E-state index is -0.652. The Balaban J connectivity index is 1.46. The topological polar surface area (TPSA) is 93.7 Å². The van der Waals surface area contributed by atoms with E-state index in [1.807, 2.05) is 6.07 Å². The third-order valence-electron chi connectivity index (χ3n) is 4.24. The highest BCUT2D eigenvalue weighted by Gasteiger charge is 2.32. The van der Waals surface area contributed by atoms with Crippen molar-refractivity contribution in [1.82, 2.24) is 9.97 Å². The van der Waals surface area contributed by atoms with Crippen LogP contribution in [0, 0.1) is 0 Å². The third-order valence-corrected chi connectivity index (χ3v) is 4.24. The highest BCUT2D eigenvalue weighted by Crippen LogP contribution is 2.33. The van der Waals surface area contributed by atoms with Gasteiger partial charge in [-0.25, -0.2) is 9.97 Å². The van der Waals surface area contributed by atoms with Crippen molar-refractivity contribution in [3.8, 4) is 17.5 Å². The van der Waals surface area contributed by atoms with E-state index in [-0.39, 0.29) is 24.4 Å². The van der Waals surface area contributed by atoms with Crippen molar-refractivity contribution in [1.29, 1.82) is 0 Å². The predicted octanol–water partition coefficient (Wildman–Crippen LogP) is 3.02. The number of benzene rings is 2. The molecular formula is C21H18N4O4. The summed E-state index contributed by atoms with van der Waals surface area (Å²) < 4.78 is 11.2. The molecule has 0 aliphatic carbocycles. The smallest absolute Gasteiger partial charge is 0.321 e. The largest absolute Gasteiger partial charge is 0.479 e. The SMILES string of the molecule is C[C@@H]1Oc2ccccc2N(CC(=O)Nc2cccc(Oc3ncccn3)c2)C1=O. The Labute approximate surface area is 167 Å². The van der Waals surface area contributed by atoms with E-state index < -0.39 is 6.10 Å². The highest BCUT2D eigenvalue weighted by atomic mass is 16.5. The molecule has 0 radical (unpaired) electrons. The first-order valence-electron chi connectivity index (χ1n) is 9.02. The summed E-state index contributed by atoms with van der Waals surface area (Å²) in [5, 5.41) is 2.79. The van der Waals surface area contributed by atoms with Gasteiger partial charge in [-0.15, -0.1) is 0 Å². The zero-order valence-corrected chi connectivity index (χ0v) is 15.6. The number of aromatic nitrogens is 2. The van der Waals surface area contributed by atoms with Gasteiger partial charge in [0.1, 0.15) is 18.0 Å². The molecule has 0 saturated carbocycles. The molecule has 4 rings (SSSR count). The molecule has 0 saturated heterocycles. The van der Waals surface area contributed by atoms with Crippen LogP contribution >= 0.6 is 0 Å². The number of amides is 2. The molecule has 1 atom stereocenters. The lowest BCUT2D eigenvalue weighted by molar-refractivity contribution is -0.127. The summed E-state index contributed by atoms with van der Waals surface area (Å²) >= 11 is 0. The van der Waals surface area contributed by atoms with Crippen molar-refractivity contribution >= 4 is 23.2 Å². The van der Waals surface area contributed by atoms with Gasteiger partial charge >= 0.3 is 6.01 Å². The first-order valence-corrected chi connectivity index (χ1v) is 9.02. The molecular weight excluding hydrogens is 372 g/mol. The molecule has 0 spiro atoms. The molecule has 2 heterocycles. The fourth-order valence-electron chi connectivity index (χ4n) is 2.95. The zero-order valence-electron chi connectivity index (χ0n) is 15.6. The maximum absolute atomic E-state index is 12.6. The van der Waals surface area contributed by atoms with Crippen LogP contribution in [0.5, 0.6) is 17.5 Å². The fraction of sp³-hybridized carbons (Fsp3) is 0.143. The van der Waals surface area contributed by atoms with E-state index in [2.05, 4.69) is 15.3 Å². The number of carbonyl (C=O) groups excluding carboxylic acids is 2. The Kier molecular flexibility index (Phi) is 5.07. The van der Waals surface area contributed by atoms with Crippen LogP contribution in [0.25, 0.3) is 0 Å². The lowest BCUT2D eigenvalue weighted by atomic mass is 10.2. The van der Waals surface area contributed by atoms with Crippen LogP contribution in [0.1, 0.15) is 6.92 Å². The summed E-state index contributed by atoms with van der Waals surface area (Å²) in [4.78, 5) is 34.6. The first kappa shape index (κ1) is 18.4. The summed E-state index contributed by atoms with van der Waals surface area (Å²) in [6.45, 7) is 1.53. The van der Waals surface area contributed by atoms with E-state index in [0.717, 1.165) is 0 Å². The predicted molar refractivity (Wildman–Crippen MR) is 106 cm³/mol. The van der Waals surface area contributed by atoms with Gasteiger partial charge in [-0.05, 0) is 37.3 Å². The number of ether oxygens (including phenoxy) is 2. The van der Waals surface area contributed by atoms with Gasteiger partial charge in [-0.2, -0.15) is 0 Å². The van der Waals surface area contributed by atoms with E-state index in [9.17, 15) is 9.59 Å². The third kappa shape index (κ3) is 4.16. The molecule has 1 aromatic heterocycles. The van der Waals surface area contributed by atoms with E-state index >= 15 is 0 Å². The van der Waals surface area contributed by atoms with Crippen molar-refractivity contribution in [2.24, 2.45) is 0 Å². The van der Waals surface area contributed by atoms with E-state index in [4.69, 9.17) is 9.47 Å². The van der Waals surface area contributed by atoms with Crippen molar-refractivity contribution in [2.45, 2.75) is 13.0 Å². The standard InChI is InChI=1S/C21H18N4O4/c1-14-20(27)25(17-8-2-3-9-18(17)28-14)13-19(26)24-15-6-4-7-16(12-15)29-21-22-10-5-11-23-21/h2-12,14H,13H2,1H3,(H,24,26)/t14-/m0/s1. The van der Waals surface area contributed by atoms with Gasteiger partial charge in [0, 0.05) is 24.1 Å². The number of hydrogen-bond donors (Lipinski definition) is 1. The van der Waals surface area contributed by atoms with Gasteiger partial charge in [-0.3, -0.25) is 14.5 Å². The van der Waals surface area contributed by atoms with Crippen LogP contribution in [-0.2, 0) is 9.59 Å². The van der Waals surface area contributed by atoms with Crippen molar-refractivity contribution in [3.05, 3.63) is 67.0 Å². The second-order valence-electron chi connectivity index (χ2n) is 6.36. The molecule has 2 aromatic carbocycles. The maximum Gasteiger partial charge on any atom is 0.321 e. The number of rotatable bonds is 5. The molecule has 3 aromatic rings.